The Labute approximate surface area is 160 Å². The van der Waals surface area contributed by atoms with Gasteiger partial charge in [0.05, 0.1) is 5.75 Å². The van der Waals surface area contributed by atoms with E-state index in [9.17, 15) is 13.2 Å². The first-order valence-corrected chi connectivity index (χ1v) is 11.2. The highest BCUT2D eigenvalue weighted by Crippen LogP contribution is 2.20. The van der Waals surface area contributed by atoms with E-state index in [1.807, 2.05) is 0 Å². The number of rotatable bonds is 6. The summed E-state index contributed by atoms with van der Waals surface area (Å²) in [5.74, 6) is 0.0234. The maximum atomic E-state index is 12.6. The lowest BCUT2D eigenvalue weighted by molar-refractivity contribution is -0.132. The summed E-state index contributed by atoms with van der Waals surface area (Å²) in [4.78, 5) is 16.5. The van der Waals surface area contributed by atoms with Gasteiger partial charge in [-0.15, -0.1) is 0 Å². The van der Waals surface area contributed by atoms with Crippen molar-refractivity contribution in [2.75, 3.05) is 45.8 Å². The molecule has 0 aromatic heterocycles. The molecule has 1 aromatic rings. The zero-order valence-corrected chi connectivity index (χ0v) is 16.5. The predicted octanol–water partition coefficient (Wildman–Crippen LogP) is 1.80. The van der Waals surface area contributed by atoms with Crippen LogP contribution in [0.15, 0.2) is 24.3 Å². The van der Waals surface area contributed by atoms with E-state index in [-0.39, 0.29) is 11.7 Å². The van der Waals surface area contributed by atoms with Crippen molar-refractivity contribution in [2.24, 2.45) is 0 Å². The van der Waals surface area contributed by atoms with Crippen LogP contribution >= 0.6 is 11.6 Å². The highest BCUT2D eigenvalue weighted by atomic mass is 35.5. The Hall–Kier alpha value is -1.15. The summed E-state index contributed by atoms with van der Waals surface area (Å²) in [5, 5.41) is 0.465. The molecule has 0 atom stereocenters. The largest absolute Gasteiger partial charge is 0.340 e. The molecule has 1 aromatic carbocycles. The van der Waals surface area contributed by atoms with Crippen LogP contribution in [-0.4, -0.2) is 74.2 Å². The average molecular weight is 400 g/mol. The lowest BCUT2D eigenvalue weighted by Crippen LogP contribution is -2.51. The summed E-state index contributed by atoms with van der Waals surface area (Å²) in [6.07, 6.45) is 2.96. The first kappa shape index (κ1) is 19.6. The molecular formula is C18H26ClN3O3S. The molecule has 6 nitrogen and oxygen atoms in total. The molecule has 0 N–H and O–H groups in total. The van der Waals surface area contributed by atoms with Gasteiger partial charge in [0.25, 0.3) is 0 Å². The van der Waals surface area contributed by atoms with E-state index in [0.29, 0.717) is 43.2 Å². The molecule has 2 aliphatic rings. The maximum Gasteiger partial charge on any atom is 0.223 e. The number of benzene rings is 1. The van der Waals surface area contributed by atoms with Crippen LogP contribution in [0.4, 0.5) is 0 Å². The molecule has 0 bridgehead atoms. The number of carbonyl (C=O) groups is 1. The van der Waals surface area contributed by atoms with Crippen molar-refractivity contribution in [3.8, 4) is 0 Å². The van der Waals surface area contributed by atoms with E-state index in [2.05, 4.69) is 4.90 Å². The number of piperazine rings is 1. The highest BCUT2D eigenvalue weighted by Gasteiger charge is 2.29. The van der Waals surface area contributed by atoms with Gasteiger partial charge in [-0.25, -0.2) is 8.42 Å². The van der Waals surface area contributed by atoms with Crippen molar-refractivity contribution in [3.05, 3.63) is 34.9 Å². The van der Waals surface area contributed by atoms with E-state index >= 15 is 0 Å². The topological polar surface area (TPSA) is 60.9 Å². The van der Waals surface area contributed by atoms with E-state index in [1.54, 1.807) is 29.2 Å². The second kappa shape index (κ2) is 8.69. The lowest BCUT2D eigenvalue weighted by atomic mass is 10.2. The van der Waals surface area contributed by atoms with Crippen molar-refractivity contribution in [1.82, 2.24) is 14.1 Å². The zero-order valence-electron chi connectivity index (χ0n) is 14.9. The Balaban J connectivity index is 1.49. The number of hydrogen-bond acceptors (Lipinski definition) is 4. The molecule has 0 saturated carbocycles. The standard InChI is InChI=1S/C18H26ClN3O3S/c19-17-6-2-1-5-16(17)15-26(24,25)22-13-11-21(12-14-22)18(23)7-10-20-8-3-4-9-20/h1-2,5-6H,3-4,7-15H2. The predicted molar refractivity (Wildman–Crippen MR) is 103 cm³/mol. The molecule has 2 saturated heterocycles. The van der Waals surface area contributed by atoms with E-state index in [0.717, 1.165) is 19.6 Å². The van der Waals surface area contributed by atoms with Crippen molar-refractivity contribution in [1.29, 1.82) is 0 Å². The third kappa shape index (κ3) is 4.97. The van der Waals surface area contributed by atoms with Crippen LogP contribution in [0.1, 0.15) is 24.8 Å². The Morgan fingerprint density at radius 3 is 2.31 bits per heavy atom. The van der Waals surface area contributed by atoms with Crippen LogP contribution < -0.4 is 0 Å². The smallest absolute Gasteiger partial charge is 0.223 e. The number of sulfonamides is 1. The summed E-state index contributed by atoms with van der Waals surface area (Å²) in [7, 11) is -3.43. The lowest BCUT2D eigenvalue weighted by Gasteiger charge is -2.34. The monoisotopic (exact) mass is 399 g/mol. The van der Waals surface area contributed by atoms with Crippen LogP contribution in [0, 0.1) is 0 Å². The minimum absolute atomic E-state index is 0.102. The molecule has 3 rings (SSSR count). The minimum atomic E-state index is -3.43. The average Bonchev–Trinajstić information content (AvgIpc) is 3.15. The third-order valence-electron chi connectivity index (χ3n) is 5.12. The van der Waals surface area contributed by atoms with Crippen molar-refractivity contribution < 1.29 is 13.2 Å². The van der Waals surface area contributed by atoms with E-state index in [1.165, 1.54) is 17.1 Å². The van der Waals surface area contributed by atoms with Crippen molar-refractivity contribution in [3.63, 3.8) is 0 Å². The fraction of sp³-hybridized carbons (Fsp3) is 0.611. The summed E-state index contributed by atoms with van der Waals surface area (Å²) in [6.45, 7) is 4.60. The van der Waals surface area contributed by atoms with Gasteiger partial charge in [0, 0.05) is 44.2 Å². The molecular weight excluding hydrogens is 374 g/mol. The number of amides is 1. The molecule has 0 aliphatic carbocycles. The number of carbonyl (C=O) groups excluding carboxylic acids is 1. The van der Waals surface area contributed by atoms with Gasteiger partial charge in [-0.3, -0.25) is 4.79 Å². The molecule has 2 fully saturated rings. The fourth-order valence-corrected chi connectivity index (χ4v) is 5.37. The van der Waals surface area contributed by atoms with Gasteiger partial charge in [-0.2, -0.15) is 4.31 Å². The fourth-order valence-electron chi connectivity index (χ4n) is 3.54. The SMILES string of the molecule is O=C(CCN1CCCC1)N1CCN(S(=O)(=O)Cc2ccccc2Cl)CC1. The molecule has 26 heavy (non-hydrogen) atoms. The van der Waals surface area contributed by atoms with Crippen molar-refractivity contribution >= 4 is 27.5 Å². The van der Waals surface area contributed by atoms with Gasteiger partial charge in [0.2, 0.25) is 15.9 Å². The summed E-state index contributed by atoms with van der Waals surface area (Å²) in [6, 6.07) is 7.00. The quantitative estimate of drug-likeness (QED) is 0.731. The van der Waals surface area contributed by atoms with Gasteiger partial charge in [-0.05, 0) is 37.6 Å². The second-order valence-electron chi connectivity index (χ2n) is 6.93. The van der Waals surface area contributed by atoms with Gasteiger partial charge < -0.3 is 9.80 Å². The summed E-state index contributed by atoms with van der Waals surface area (Å²) in [5.41, 5.74) is 0.610. The van der Waals surface area contributed by atoms with Crippen LogP contribution in [0.25, 0.3) is 0 Å². The molecule has 1 amide bonds. The number of halogens is 1. The minimum Gasteiger partial charge on any atom is -0.340 e. The highest BCUT2D eigenvalue weighted by molar-refractivity contribution is 7.88. The van der Waals surface area contributed by atoms with Gasteiger partial charge in [-0.1, -0.05) is 29.8 Å². The number of likely N-dealkylation sites (tertiary alicyclic amines) is 1. The van der Waals surface area contributed by atoms with Crippen molar-refractivity contribution in [2.45, 2.75) is 25.0 Å². The molecule has 144 valence electrons. The van der Waals surface area contributed by atoms with E-state index < -0.39 is 10.0 Å². The van der Waals surface area contributed by atoms with Crippen LogP contribution in [0.2, 0.25) is 5.02 Å². The Morgan fingerprint density at radius 1 is 1.00 bits per heavy atom. The Morgan fingerprint density at radius 2 is 1.65 bits per heavy atom. The summed E-state index contributed by atoms with van der Waals surface area (Å²) >= 11 is 6.08. The molecule has 0 unspecified atom stereocenters. The first-order valence-electron chi connectivity index (χ1n) is 9.17. The molecule has 0 spiro atoms. The zero-order chi connectivity index (χ0) is 18.6. The van der Waals surface area contributed by atoms with Crippen LogP contribution in [0.5, 0.6) is 0 Å². The number of hydrogen-bond donors (Lipinski definition) is 0. The van der Waals surface area contributed by atoms with Gasteiger partial charge >= 0.3 is 0 Å². The first-order chi connectivity index (χ1) is 12.5. The molecule has 8 heteroatoms. The third-order valence-corrected chi connectivity index (χ3v) is 7.32. The van der Waals surface area contributed by atoms with Crippen LogP contribution in [0.3, 0.4) is 0 Å². The second-order valence-corrected chi connectivity index (χ2v) is 9.30. The normalized spacial score (nSPS) is 19.8. The molecule has 2 heterocycles. The van der Waals surface area contributed by atoms with Gasteiger partial charge in [0.1, 0.15) is 0 Å². The summed E-state index contributed by atoms with van der Waals surface area (Å²) < 4.78 is 26.8. The number of nitrogens with zero attached hydrogens (tertiary/aromatic N) is 3. The maximum absolute atomic E-state index is 12.6. The molecule has 0 radical (unpaired) electrons. The van der Waals surface area contributed by atoms with Crippen LogP contribution in [-0.2, 0) is 20.6 Å². The molecule has 2 aliphatic heterocycles. The van der Waals surface area contributed by atoms with Gasteiger partial charge in [0.15, 0.2) is 0 Å². The Kier molecular flexibility index (Phi) is 6.55. The Bertz CT molecular complexity index is 727. The van der Waals surface area contributed by atoms with E-state index in [4.69, 9.17) is 11.6 Å².